The van der Waals surface area contributed by atoms with Gasteiger partial charge in [0, 0.05) is 17.3 Å². The van der Waals surface area contributed by atoms with E-state index in [9.17, 15) is 18.0 Å². The molecule has 112 valence electrons. The first-order valence-corrected chi connectivity index (χ1v) is 6.31. The predicted molar refractivity (Wildman–Crippen MR) is 72.1 cm³/mol. The summed E-state index contributed by atoms with van der Waals surface area (Å²) in [5.41, 5.74) is -0.103. The van der Waals surface area contributed by atoms with Crippen LogP contribution >= 0.6 is 0 Å². The van der Waals surface area contributed by atoms with Gasteiger partial charge in [0.25, 0.3) is 5.91 Å². The van der Waals surface area contributed by atoms with E-state index in [4.69, 9.17) is 0 Å². The number of H-pyrrole nitrogens is 1. The van der Waals surface area contributed by atoms with Gasteiger partial charge in [-0.1, -0.05) is 19.9 Å². The normalized spacial score (nSPS) is 11.7. The second-order valence-electron chi connectivity index (χ2n) is 4.90. The molecule has 0 aliphatic carbocycles. The van der Waals surface area contributed by atoms with Crippen LogP contribution in [-0.2, 0) is 6.18 Å². The highest BCUT2D eigenvalue weighted by atomic mass is 19.4. The third kappa shape index (κ3) is 3.62. The smallest absolute Gasteiger partial charge is 0.305 e. The largest absolute Gasteiger partial charge is 0.416 e. The van der Waals surface area contributed by atoms with E-state index in [1.54, 1.807) is 6.07 Å². The van der Waals surface area contributed by atoms with Crippen molar-refractivity contribution in [1.29, 1.82) is 0 Å². The molecule has 0 aliphatic rings. The Morgan fingerprint density at radius 1 is 1.29 bits per heavy atom. The molecule has 0 saturated heterocycles. The molecule has 4 nitrogen and oxygen atoms in total. The Balaban J connectivity index is 2.16. The molecule has 21 heavy (non-hydrogen) atoms. The Hall–Kier alpha value is -2.31. The lowest BCUT2D eigenvalue weighted by Crippen LogP contribution is -2.14. The summed E-state index contributed by atoms with van der Waals surface area (Å²) < 4.78 is 37.8. The number of carbonyl (C=O) groups is 1. The van der Waals surface area contributed by atoms with Crippen molar-refractivity contribution in [2.45, 2.75) is 25.9 Å². The number of hydrogen-bond acceptors (Lipinski definition) is 2. The topological polar surface area (TPSA) is 57.8 Å². The van der Waals surface area contributed by atoms with Gasteiger partial charge in [-0.25, -0.2) is 0 Å². The summed E-state index contributed by atoms with van der Waals surface area (Å²) in [7, 11) is 0. The number of nitrogens with zero attached hydrogens (tertiary/aromatic N) is 1. The third-order valence-corrected chi connectivity index (χ3v) is 2.91. The van der Waals surface area contributed by atoms with Gasteiger partial charge >= 0.3 is 6.18 Å². The van der Waals surface area contributed by atoms with E-state index >= 15 is 0 Å². The van der Waals surface area contributed by atoms with Crippen molar-refractivity contribution < 1.29 is 18.0 Å². The van der Waals surface area contributed by atoms with E-state index in [1.165, 1.54) is 12.1 Å². The lowest BCUT2D eigenvalue weighted by atomic mass is 10.1. The molecular weight excluding hydrogens is 283 g/mol. The van der Waals surface area contributed by atoms with Crippen molar-refractivity contribution in [2.24, 2.45) is 0 Å². The first-order valence-electron chi connectivity index (χ1n) is 6.31. The molecule has 0 bridgehead atoms. The van der Waals surface area contributed by atoms with Crippen LogP contribution in [0, 0.1) is 0 Å². The average molecular weight is 297 g/mol. The lowest BCUT2D eigenvalue weighted by Gasteiger charge is -2.08. The summed E-state index contributed by atoms with van der Waals surface area (Å²) in [6.45, 7) is 3.90. The molecule has 0 aliphatic heterocycles. The van der Waals surface area contributed by atoms with Crippen molar-refractivity contribution in [1.82, 2.24) is 10.2 Å². The highest BCUT2D eigenvalue weighted by Crippen LogP contribution is 2.29. The van der Waals surface area contributed by atoms with Crippen LogP contribution < -0.4 is 5.32 Å². The van der Waals surface area contributed by atoms with Crippen LogP contribution in [-0.4, -0.2) is 16.1 Å². The first kappa shape index (κ1) is 15.1. The Bertz CT molecular complexity index is 647. The van der Waals surface area contributed by atoms with E-state index in [1.807, 2.05) is 13.8 Å². The Morgan fingerprint density at radius 3 is 2.57 bits per heavy atom. The van der Waals surface area contributed by atoms with Gasteiger partial charge in [-0.3, -0.25) is 9.89 Å². The van der Waals surface area contributed by atoms with Crippen LogP contribution in [0.15, 0.2) is 30.3 Å². The van der Waals surface area contributed by atoms with E-state index in [2.05, 4.69) is 15.5 Å². The predicted octanol–water partition coefficient (Wildman–Crippen LogP) is 3.80. The summed E-state index contributed by atoms with van der Waals surface area (Å²) in [4.78, 5) is 11.9. The molecule has 0 saturated carbocycles. The molecule has 1 aromatic heterocycles. The SMILES string of the molecule is CC(C)c1cc(NC(=O)c2cccc(C(F)(F)F)c2)n[nH]1. The fourth-order valence-corrected chi connectivity index (χ4v) is 1.72. The summed E-state index contributed by atoms with van der Waals surface area (Å²) >= 11 is 0. The van der Waals surface area contributed by atoms with Crippen LogP contribution in [0.2, 0.25) is 0 Å². The second kappa shape index (κ2) is 5.59. The number of carbonyl (C=O) groups excluding carboxylic acids is 1. The highest BCUT2D eigenvalue weighted by molar-refractivity contribution is 6.03. The fraction of sp³-hybridized carbons (Fsp3) is 0.286. The van der Waals surface area contributed by atoms with Gasteiger partial charge in [-0.15, -0.1) is 0 Å². The van der Waals surface area contributed by atoms with Gasteiger partial charge in [0.2, 0.25) is 0 Å². The number of aromatic nitrogens is 2. The van der Waals surface area contributed by atoms with Gasteiger partial charge in [0.1, 0.15) is 0 Å². The van der Waals surface area contributed by atoms with Crippen molar-refractivity contribution in [2.75, 3.05) is 5.32 Å². The molecule has 1 aromatic carbocycles. The highest BCUT2D eigenvalue weighted by Gasteiger charge is 2.30. The number of halogens is 3. The molecule has 0 spiro atoms. The molecule has 0 atom stereocenters. The number of aromatic amines is 1. The zero-order valence-electron chi connectivity index (χ0n) is 11.5. The number of amides is 1. The van der Waals surface area contributed by atoms with Crippen molar-refractivity contribution in [3.05, 3.63) is 47.2 Å². The quantitative estimate of drug-likeness (QED) is 0.905. The minimum Gasteiger partial charge on any atom is -0.305 e. The summed E-state index contributed by atoms with van der Waals surface area (Å²) in [5, 5.41) is 9.11. The van der Waals surface area contributed by atoms with Gasteiger partial charge in [-0.2, -0.15) is 18.3 Å². The molecule has 2 aromatic rings. The molecule has 2 N–H and O–H groups in total. The fourth-order valence-electron chi connectivity index (χ4n) is 1.72. The van der Waals surface area contributed by atoms with Gasteiger partial charge in [-0.05, 0) is 24.1 Å². The van der Waals surface area contributed by atoms with E-state index in [0.717, 1.165) is 17.8 Å². The van der Waals surface area contributed by atoms with Crippen LogP contribution in [0.4, 0.5) is 19.0 Å². The van der Waals surface area contributed by atoms with Crippen LogP contribution in [0.25, 0.3) is 0 Å². The Morgan fingerprint density at radius 2 is 2.00 bits per heavy atom. The van der Waals surface area contributed by atoms with Gasteiger partial charge in [0.15, 0.2) is 5.82 Å². The molecule has 1 amide bonds. The monoisotopic (exact) mass is 297 g/mol. The number of anilines is 1. The second-order valence-corrected chi connectivity index (χ2v) is 4.90. The van der Waals surface area contributed by atoms with E-state index < -0.39 is 17.6 Å². The molecule has 1 heterocycles. The zero-order valence-corrected chi connectivity index (χ0v) is 11.5. The van der Waals surface area contributed by atoms with Crippen molar-refractivity contribution in [3.8, 4) is 0 Å². The number of hydrogen-bond donors (Lipinski definition) is 2. The third-order valence-electron chi connectivity index (χ3n) is 2.91. The number of rotatable bonds is 3. The van der Waals surface area contributed by atoms with Gasteiger partial charge in [0.05, 0.1) is 5.56 Å². The number of alkyl halides is 3. The molecule has 2 rings (SSSR count). The maximum Gasteiger partial charge on any atom is 0.416 e. The van der Waals surface area contributed by atoms with E-state index in [0.29, 0.717) is 0 Å². The Labute approximate surface area is 119 Å². The zero-order chi connectivity index (χ0) is 15.6. The summed E-state index contributed by atoms with van der Waals surface area (Å²) in [5.74, 6) is -0.152. The average Bonchev–Trinajstić information content (AvgIpc) is 2.86. The summed E-state index contributed by atoms with van der Waals surface area (Å²) in [6, 6.07) is 5.89. The van der Waals surface area contributed by atoms with Gasteiger partial charge < -0.3 is 5.32 Å². The minimum atomic E-state index is -4.48. The molecule has 0 unspecified atom stereocenters. The standard InChI is InChI=1S/C14H14F3N3O/c1-8(2)11-7-12(20-19-11)18-13(21)9-4-3-5-10(6-9)14(15,16)17/h3-8H,1-2H3,(H2,18,19,20,21). The van der Waals surface area contributed by atoms with E-state index in [-0.39, 0.29) is 17.3 Å². The molecule has 0 fully saturated rings. The number of nitrogens with one attached hydrogen (secondary N) is 2. The van der Waals surface area contributed by atoms with Crippen LogP contribution in [0.1, 0.15) is 41.4 Å². The maximum atomic E-state index is 12.6. The van der Waals surface area contributed by atoms with Crippen LogP contribution in [0.5, 0.6) is 0 Å². The van der Waals surface area contributed by atoms with Crippen LogP contribution in [0.3, 0.4) is 0 Å². The lowest BCUT2D eigenvalue weighted by molar-refractivity contribution is -0.137. The first-order chi connectivity index (χ1) is 9.77. The molecular formula is C14H14F3N3O. The summed E-state index contributed by atoms with van der Waals surface area (Å²) in [6.07, 6.45) is -4.48. The van der Waals surface area contributed by atoms with Crippen molar-refractivity contribution in [3.63, 3.8) is 0 Å². The molecule has 7 heteroatoms. The Kier molecular flexibility index (Phi) is 4.02. The van der Waals surface area contributed by atoms with Crippen molar-refractivity contribution >= 4 is 11.7 Å². The maximum absolute atomic E-state index is 12.6. The number of benzene rings is 1. The minimum absolute atomic E-state index is 0.0704. The molecule has 0 radical (unpaired) electrons.